The number of benzene rings is 3. The molecule has 41 heavy (non-hydrogen) atoms. The summed E-state index contributed by atoms with van der Waals surface area (Å²) >= 11 is 0. The molecule has 3 heteroatoms. The van der Waals surface area contributed by atoms with Gasteiger partial charge in [-0.25, -0.2) is 13.2 Å². The van der Waals surface area contributed by atoms with E-state index in [2.05, 4.69) is 25.7 Å². The Morgan fingerprint density at radius 1 is 0.732 bits per heavy atom. The zero-order valence-electron chi connectivity index (χ0n) is 24.4. The highest BCUT2D eigenvalue weighted by molar-refractivity contribution is 5.74. The summed E-state index contributed by atoms with van der Waals surface area (Å²) in [5.41, 5.74) is 4.69. The van der Waals surface area contributed by atoms with Gasteiger partial charge in [-0.3, -0.25) is 0 Å². The van der Waals surface area contributed by atoms with Crippen molar-refractivity contribution in [1.82, 2.24) is 0 Å². The van der Waals surface area contributed by atoms with E-state index >= 15 is 4.39 Å². The van der Waals surface area contributed by atoms with Gasteiger partial charge in [0.15, 0.2) is 11.6 Å². The highest BCUT2D eigenvalue weighted by Crippen LogP contribution is 2.42. The first kappa shape index (κ1) is 29.4. The van der Waals surface area contributed by atoms with Crippen LogP contribution in [0.15, 0.2) is 73.3 Å². The number of hydrogen-bond acceptors (Lipinski definition) is 0. The smallest absolute Gasteiger partial charge is 0.166 e. The third-order valence-corrected chi connectivity index (χ3v) is 9.58. The maximum absolute atomic E-state index is 15.3. The lowest BCUT2D eigenvalue weighted by molar-refractivity contribution is 0.212. The number of unbranched alkanes of at least 4 members (excludes halogenated alkanes) is 3. The van der Waals surface area contributed by atoms with Crippen LogP contribution in [-0.2, 0) is 6.42 Å². The van der Waals surface area contributed by atoms with Crippen LogP contribution in [0.25, 0.3) is 27.8 Å². The second-order valence-electron chi connectivity index (χ2n) is 12.2. The van der Waals surface area contributed by atoms with Crippen molar-refractivity contribution in [3.8, 4) is 22.3 Å². The van der Waals surface area contributed by atoms with Gasteiger partial charge >= 0.3 is 0 Å². The van der Waals surface area contributed by atoms with E-state index in [0.717, 1.165) is 61.5 Å². The molecule has 0 bridgehead atoms. The van der Waals surface area contributed by atoms with Gasteiger partial charge in [-0.15, -0.1) is 6.58 Å². The highest BCUT2D eigenvalue weighted by atomic mass is 19.2. The van der Waals surface area contributed by atoms with Crippen LogP contribution < -0.4 is 0 Å². The molecule has 0 heterocycles. The van der Waals surface area contributed by atoms with Crippen molar-refractivity contribution in [2.75, 3.05) is 0 Å². The molecule has 0 aliphatic heterocycles. The van der Waals surface area contributed by atoms with E-state index in [1.807, 2.05) is 12.1 Å². The fourth-order valence-electron chi connectivity index (χ4n) is 6.92. The third kappa shape index (κ3) is 6.88. The van der Waals surface area contributed by atoms with Crippen molar-refractivity contribution in [1.29, 1.82) is 0 Å². The SMILES string of the molecule is C=CC1CCC(C2CC=C(c3ccc(-c4ccc(-c5ccc(CCCCCC)c(F)c5F)cc4)c(F)c3)CC2)CC1. The first-order valence-corrected chi connectivity index (χ1v) is 15.7. The van der Waals surface area contributed by atoms with E-state index < -0.39 is 11.6 Å². The lowest BCUT2D eigenvalue weighted by Crippen LogP contribution is -2.22. The molecular weight excluding hydrogens is 513 g/mol. The standard InChI is InChI=1S/C38H43F3/c1-3-5-6-7-8-32-21-24-35(38(41)37(32)40)31-19-17-30(18-20-31)34-23-22-33(25-36(34)39)29-15-13-28(14-16-29)27-11-9-26(4-2)10-12-27/h4,15,17-28H,2-3,5-14,16H2,1H3. The van der Waals surface area contributed by atoms with Crippen molar-refractivity contribution in [2.45, 2.75) is 84.0 Å². The van der Waals surface area contributed by atoms with Crippen LogP contribution in [0.2, 0.25) is 0 Å². The minimum Gasteiger partial charge on any atom is -0.206 e. The Labute approximate surface area is 244 Å². The summed E-state index contributed by atoms with van der Waals surface area (Å²) in [5.74, 6) is 0.420. The summed E-state index contributed by atoms with van der Waals surface area (Å²) in [6.45, 7) is 6.10. The molecule has 1 atom stereocenters. The van der Waals surface area contributed by atoms with Crippen LogP contribution >= 0.6 is 0 Å². The van der Waals surface area contributed by atoms with Crippen LogP contribution in [0.5, 0.6) is 0 Å². The quantitative estimate of drug-likeness (QED) is 0.172. The average Bonchev–Trinajstić information content (AvgIpc) is 3.01. The Hall–Kier alpha value is -3.07. The molecule has 0 nitrogen and oxygen atoms in total. The van der Waals surface area contributed by atoms with Gasteiger partial charge in [0.05, 0.1) is 0 Å². The molecule has 3 aromatic carbocycles. The topological polar surface area (TPSA) is 0 Å². The molecule has 0 aromatic heterocycles. The van der Waals surface area contributed by atoms with E-state index in [0.29, 0.717) is 29.0 Å². The van der Waals surface area contributed by atoms with Gasteiger partial charge in [0.25, 0.3) is 0 Å². The number of hydrogen-bond donors (Lipinski definition) is 0. The van der Waals surface area contributed by atoms with E-state index in [-0.39, 0.29) is 11.4 Å². The van der Waals surface area contributed by atoms with Crippen molar-refractivity contribution < 1.29 is 13.2 Å². The maximum Gasteiger partial charge on any atom is 0.166 e. The number of rotatable bonds is 10. The first-order chi connectivity index (χ1) is 20.0. The lowest BCUT2D eigenvalue weighted by atomic mass is 9.71. The predicted octanol–water partition coefficient (Wildman–Crippen LogP) is 11.7. The molecule has 1 saturated carbocycles. The summed E-state index contributed by atoms with van der Waals surface area (Å²) in [4.78, 5) is 0. The van der Waals surface area contributed by atoms with Gasteiger partial charge in [0, 0.05) is 11.1 Å². The van der Waals surface area contributed by atoms with Crippen LogP contribution in [-0.4, -0.2) is 0 Å². The van der Waals surface area contributed by atoms with Gasteiger partial charge in [0.2, 0.25) is 0 Å². The van der Waals surface area contributed by atoms with Gasteiger partial charge in [-0.2, -0.15) is 0 Å². The van der Waals surface area contributed by atoms with E-state index in [1.54, 1.807) is 42.5 Å². The second kappa shape index (κ2) is 13.7. The molecule has 2 aliphatic carbocycles. The molecule has 216 valence electrons. The van der Waals surface area contributed by atoms with Crippen molar-refractivity contribution >= 4 is 5.57 Å². The van der Waals surface area contributed by atoms with E-state index in [9.17, 15) is 8.78 Å². The average molecular weight is 557 g/mol. The fraction of sp³-hybridized carbons (Fsp3) is 0.421. The molecule has 5 rings (SSSR count). The molecule has 0 N–H and O–H groups in total. The minimum absolute atomic E-state index is 0.235. The molecule has 0 saturated heterocycles. The van der Waals surface area contributed by atoms with Gasteiger partial charge in [-0.1, -0.05) is 86.9 Å². The second-order valence-corrected chi connectivity index (χ2v) is 12.2. The molecule has 0 amide bonds. The summed E-state index contributed by atoms with van der Waals surface area (Å²) in [5, 5.41) is 0. The minimum atomic E-state index is -0.811. The largest absolute Gasteiger partial charge is 0.206 e. The van der Waals surface area contributed by atoms with Gasteiger partial charge < -0.3 is 0 Å². The zero-order chi connectivity index (χ0) is 28.8. The third-order valence-electron chi connectivity index (χ3n) is 9.58. The van der Waals surface area contributed by atoms with Gasteiger partial charge in [-0.05, 0) is 109 Å². The van der Waals surface area contributed by atoms with Crippen LogP contribution in [0, 0.1) is 35.2 Å². The fourth-order valence-corrected chi connectivity index (χ4v) is 6.92. The Morgan fingerprint density at radius 2 is 1.41 bits per heavy atom. The molecule has 1 unspecified atom stereocenters. The Morgan fingerprint density at radius 3 is 2.05 bits per heavy atom. The Bertz CT molecular complexity index is 1360. The van der Waals surface area contributed by atoms with E-state index in [1.165, 1.54) is 37.7 Å². The van der Waals surface area contributed by atoms with Crippen LogP contribution in [0.3, 0.4) is 0 Å². The molecule has 3 aromatic rings. The number of halogens is 3. The molecule has 2 aliphatic rings. The molecule has 0 spiro atoms. The first-order valence-electron chi connectivity index (χ1n) is 15.7. The summed E-state index contributed by atoms with van der Waals surface area (Å²) in [6.07, 6.45) is 17.5. The maximum atomic E-state index is 15.3. The zero-order valence-corrected chi connectivity index (χ0v) is 24.4. The predicted molar refractivity (Wildman–Crippen MR) is 166 cm³/mol. The Balaban J connectivity index is 1.24. The lowest BCUT2D eigenvalue weighted by Gasteiger charge is -2.34. The number of allylic oxidation sites excluding steroid dienone is 3. The highest BCUT2D eigenvalue weighted by Gasteiger charge is 2.28. The van der Waals surface area contributed by atoms with Crippen molar-refractivity contribution in [3.63, 3.8) is 0 Å². The number of aryl methyl sites for hydroxylation is 1. The normalized spacial score (nSPS) is 21.0. The Kier molecular flexibility index (Phi) is 9.85. The summed E-state index contributed by atoms with van der Waals surface area (Å²) < 4.78 is 45.0. The van der Waals surface area contributed by atoms with Crippen LogP contribution in [0.1, 0.15) is 88.7 Å². The molecule has 1 fully saturated rings. The van der Waals surface area contributed by atoms with Gasteiger partial charge in [0.1, 0.15) is 5.82 Å². The van der Waals surface area contributed by atoms with Crippen molar-refractivity contribution in [2.24, 2.45) is 17.8 Å². The molecule has 0 radical (unpaired) electrons. The molecular formula is C38H43F3. The summed E-state index contributed by atoms with van der Waals surface area (Å²) in [7, 11) is 0. The monoisotopic (exact) mass is 556 g/mol. The van der Waals surface area contributed by atoms with Crippen LogP contribution in [0.4, 0.5) is 13.2 Å². The summed E-state index contributed by atoms with van der Waals surface area (Å²) in [6, 6.07) is 15.9. The van der Waals surface area contributed by atoms with Crippen molar-refractivity contribution in [3.05, 3.63) is 102 Å². The van der Waals surface area contributed by atoms with E-state index in [4.69, 9.17) is 0 Å².